The number of nitrogens with zero attached hydrogens (tertiary/aromatic N) is 2. The van der Waals surface area contributed by atoms with Gasteiger partial charge in [-0.05, 0) is 17.8 Å². The van der Waals surface area contributed by atoms with Crippen LogP contribution in [0.2, 0.25) is 0 Å². The van der Waals surface area contributed by atoms with E-state index in [9.17, 15) is 0 Å². The summed E-state index contributed by atoms with van der Waals surface area (Å²) >= 11 is 0. The molecule has 0 heterocycles. The zero-order valence-corrected chi connectivity index (χ0v) is 11.8. The van der Waals surface area contributed by atoms with Crippen molar-refractivity contribution in [3.63, 3.8) is 0 Å². The van der Waals surface area contributed by atoms with Crippen molar-refractivity contribution in [2.75, 3.05) is 0 Å². The first-order valence-corrected chi connectivity index (χ1v) is 6.05. The Morgan fingerprint density at radius 3 is 2.00 bits per heavy atom. The van der Waals surface area contributed by atoms with Crippen LogP contribution in [0, 0.1) is 6.07 Å². The van der Waals surface area contributed by atoms with Gasteiger partial charge in [0.1, 0.15) is 0 Å². The topological polar surface area (TPSA) is 24.7 Å². The van der Waals surface area contributed by atoms with E-state index < -0.39 is 0 Å². The van der Waals surface area contributed by atoms with Gasteiger partial charge < -0.3 is 0 Å². The van der Waals surface area contributed by atoms with Gasteiger partial charge in [0.05, 0.1) is 5.69 Å². The van der Waals surface area contributed by atoms with Crippen molar-refractivity contribution in [1.29, 1.82) is 0 Å². The third-order valence-electron chi connectivity index (χ3n) is 2.28. The van der Waals surface area contributed by atoms with Gasteiger partial charge in [0.15, 0.2) is 0 Å². The summed E-state index contributed by atoms with van der Waals surface area (Å²) in [6.45, 7) is 0. The van der Waals surface area contributed by atoms with Crippen LogP contribution < -0.4 is 0 Å². The van der Waals surface area contributed by atoms with Gasteiger partial charge in [-0.2, -0.15) is 52.7 Å². The van der Waals surface area contributed by atoms with Crippen molar-refractivity contribution < 1.29 is 16.5 Å². The van der Waals surface area contributed by atoms with Crippen LogP contribution in [0.1, 0.15) is 0 Å². The second kappa shape index (κ2) is 9.77. The van der Waals surface area contributed by atoms with Crippen molar-refractivity contribution in [2.45, 2.75) is 0 Å². The summed E-state index contributed by atoms with van der Waals surface area (Å²) in [6, 6.07) is 30.1. The number of azo groups is 1. The Kier molecular flexibility index (Phi) is 7.78. The predicted molar refractivity (Wildman–Crippen MR) is 77.9 cm³/mol. The van der Waals surface area contributed by atoms with Gasteiger partial charge >= 0.3 is 16.5 Å². The smallest absolute Gasteiger partial charge is 0.214 e. The van der Waals surface area contributed by atoms with E-state index in [0.717, 1.165) is 11.4 Å². The molecule has 0 fully saturated rings. The van der Waals surface area contributed by atoms with Gasteiger partial charge in [-0.15, -0.1) is 6.07 Å². The molecule has 0 aromatic heterocycles. The van der Waals surface area contributed by atoms with Gasteiger partial charge in [0.2, 0.25) is 0 Å². The summed E-state index contributed by atoms with van der Waals surface area (Å²) in [5.41, 5.74) is 1.60. The maximum atomic E-state index is 4.07. The standard InChI is InChI=1S/C12H9N2.C5H5.Ni/c1-3-7-11(8-4-1)13-14-12-9-5-2-6-10-12;1-2-4-5-3-1;/h1-9H;1-5H;/q2*-1;+2. The van der Waals surface area contributed by atoms with Crippen LogP contribution in [0.15, 0.2) is 95.2 Å². The monoisotopic (exact) mass is 304 g/mol. The first-order valence-electron chi connectivity index (χ1n) is 6.05. The minimum Gasteiger partial charge on any atom is -0.214 e. The van der Waals surface area contributed by atoms with Gasteiger partial charge in [-0.1, -0.05) is 18.2 Å². The molecule has 0 bridgehead atoms. The minimum absolute atomic E-state index is 0. The van der Waals surface area contributed by atoms with Crippen molar-refractivity contribution in [3.05, 3.63) is 91.0 Å². The van der Waals surface area contributed by atoms with E-state index >= 15 is 0 Å². The Hall–Kier alpha value is -2.12. The zero-order chi connectivity index (χ0) is 13.2. The third kappa shape index (κ3) is 6.17. The van der Waals surface area contributed by atoms with Gasteiger partial charge in [-0.25, -0.2) is 12.1 Å². The van der Waals surface area contributed by atoms with E-state index in [0.29, 0.717) is 0 Å². The molecule has 0 spiro atoms. The van der Waals surface area contributed by atoms with E-state index in [1.54, 1.807) is 0 Å². The number of rotatable bonds is 2. The number of hydrogen-bond donors (Lipinski definition) is 0. The summed E-state index contributed by atoms with van der Waals surface area (Å²) in [5, 5.41) is 8.12. The summed E-state index contributed by atoms with van der Waals surface area (Å²) < 4.78 is 0. The average Bonchev–Trinajstić information content (AvgIpc) is 3.07. The quantitative estimate of drug-likeness (QED) is 0.348. The fraction of sp³-hybridized carbons (Fsp3) is 0. The molecular weight excluding hydrogens is 291 g/mol. The number of benzene rings is 2. The molecule has 3 aromatic carbocycles. The van der Waals surface area contributed by atoms with Gasteiger partial charge in [-0.3, -0.25) is 0 Å². The Morgan fingerprint density at radius 1 is 0.750 bits per heavy atom. The van der Waals surface area contributed by atoms with Crippen LogP contribution in [0.3, 0.4) is 0 Å². The Labute approximate surface area is 129 Å². The fourth-order valence-electron chi connectivity index (χ4n) is 1.37. The molecule has 0 radical (unpaired) electrons. The second-order valence-electron chi connectivity index (χ2n) is 3.75. The molecule has 3 aromatic rings. The van der Waals surface area contributed by atoms with Crippen molar-refractivity contribution in [2.24, 2.45) is 10.2 Å². The normalized spacial score (nSPS) is 9.40. The fourth-order valence-corrected chi connectivity index (χ4v) is 1.37. The van der Waals surface area contributed by atoms with Crippen LogP contribution in [0.25, 0.3) is 0 Å². The van der Waals surface area contributed by atoms with Gasteiger partial charge in [0.25, 0.3) is 0 Å². The SMILES string of the molecule is [Ni+2].[c-]1ccccc1N=Nc1ccccc1.c1cc[cH-]c1. The molecule has 0 amide bonds. The molecule has 20 heavy (non-hydrogen) atoms. The van der Waals surface area contributed by atoms with E-state index in [4.69, 9.17) is 0 Å². The number of hydrogen-bond acceptors (Lipinski definition) is 2. The first kappa shape index (κ1) is 15.9. The molecule has 0 aliphatic heterocycles. The largest absolute Gasteiger partial charge is 2.00 e. The molecule has 0 atom stereocenters. The van der Waals surface area contributed by atoms with Crippen LogP contribution in [-0.4, -0.2) is 0 Å². The maximum absolute atomic E-state index is 4.07. The van der Waals surface area contributed by atoms with Crippen molar-refractivity contribution in [3.8, 4) is 0 Å². The molecule has 0 saturated carbocycles. The van der Waals surface area contributed by atoms with Crippen LogP contribution in [0.5, 0.6) is 0 Å². The zero-order valence-electron chi connectivity index (χ0n) is 10.8. The van der Waals surface area contributed by atoms with Crippen molar-refractivity contribution in [1.82, 2.24) is 0 Å². The van der Waals surface area contributed by atoms with Crippen LogP contribution >= 0.6 is 0 Å². The Balaban J connectivity index is 0.000000283. The van der Waals surface area contributed by atoms with Crippen LogP contribution in [-0.2, 0) is 16.5 Å². The molecule has 2 nitrogen and oxygen atoms in total. The molecule has 0 aliphatic carbocycles. The third-order valence-corrected chi connectivity index (χ3v) is 2.28. The van der Waals surface area contributed by atoms with E-state index in [2.05, 4.69) is 16.3 Å². The van der Waals surface area contributed by atoms with Crippen molar-refractivity contribution >= 4 is 11.4 Å². The molecule has 0 unspecified atom stereocenters. The molecule has 3 rings (SSSR count). The predicted octanol–water partition coefficient (Wildman–Crippen LogP) is 5.31. The maximum Gasteiger partial charge on any atom is 2.00 e. The summed E-state index contributed by atoms with van der Waals surface area (Å²) in [4.78, 5) is 0. The summed E-state index contributed by atoms with van der Waals surface area (Å²) in [7, 11) is 0. The first-order chi connectivity index (χ1) is 9.45. The molecule has 0 aliphatic rings. The Bertz CT molecular complexity index is 516. The summed E-state index contributed by atoms with van der Waals surface area (Å²) in [6.07, 6.45) is 0. The van der Waals surface area contributed by atoms with E-state index in [1.807, 2.05) is 84.9 Å². The van der Waals surface area contributed by atoms with Gasteiger partial charge in [0, 0.05) is 0 Å². The average molecular weight is 305 g/mol. The molecule has 0 saturated heterocycles. The Morgan fingerprint density at radius 2 is 1.45 bits per heavy atom. The second-order valence-corrected chi connectivity index (χ2v) is 3.75. The van der Waals surface area contributed by atoms with E-state index in [1.165, 1.54) is 0 Å². The molecule has 0 N–H and O–H groups in total. The molecule has 102 valence electrons. The van der Waals surface area contributed by atoms with Crippen LogP contribution in [0.4, 0.5) is 11.4 Å². The minimum atomic E-state index is 0. The molecule has 3 heteroatoms. The molecular formula is C17H14N2Ni. The van der Waals surface area contributed by atoms with E-state index in [-0.39, 0.29) is 16.5 Å². The summed E-state index contributed by atoms with van der Waals surface area (Å²) in [5.74, 6) is 0.